The van der Waals surface area contributed by atoms with E-state index in [2.05, 4.69) is 32.6 Å². The van der Waals surface area contributed by atoms with Crippen LogP contribution in [0.1, 0.15) is 72.6 Å². The van der Waals surface area contributed by atoms with E-state index in [0.29, 0.717) is 6.42 Å². The van der Waals surface area contributed by atoms with Crippen LogP contribution in [0.3, 0.4) is 0 Å². The molecule has 1 aliphatic heterocycles. The van der Waals surface area contributed by atoms with E-state index in [9.17, 15) is 4.79 Å². The smallest absolute Gasteiger partial charge is 0.158 e. The molecule has 1 heterocycles. The van der Waals surface area contributed by atoms with Crippen LogP contribution >= 0.6 is 0 Å². The molecule has 2 rings (SSSR count). The fourth-order valence-electron chi connectivity index (χ4n) is 3.43. The van der Waals surface area contributed by atoms with Crippen molar-refractivity contribution in [2.24, 2.45) is 5.92 Å². The van der Waals surface area contributed by atoms with Crippen LogP contribution in [0.2, 0.25) is 0 Å². The van der Waals surface area contributed by atoms with Gasteiger partial charge < -0.3 is 4.74 Å². The Morgan fingerprint density at radius 2 is 2.04 bits per heavy atom. The molecule has 0 bridgehead atoms. The van der Waals surface area contributed by atoms with Crippen LogP contribution in [0.5, 0.6) is 0 Å². The van der Waals surface area contributed by atoms with Crippen molar-refractivity contribution in [3.63, 3.8) is 0 Å². The number of hydrogen-bond donors (Lipinski definition) is 0. The molecule has 0 radical (unpaired) electrons. The predicted molar refractivity (Wildman–Crippen MR) is 96.4 cm³/mol. The van der Waals surface area contributed by atoms with Crippen molar-refractivity contribution in [3.05, 3.63) is 35.5 Å². The molecule has 0 aromatic rings. The van der Waals surface area contributed by atoms with Crippen LogP contribution in [-0.2, 0) is 9.53 Å². The maximum absolute atomic E-state index is 12.5. The third-order valence-electron chi connectivity index (χ3n) is 5.46. The fraction of sp³-hybridized carbons (Fsp3) is 0.667. The van der Waals surface area contributed by atoms with E-state index in [1.54, 1.807) is 0 Å². The molecule has 2 heteroatoms. The quantitative estimate of drug-likeness (QED) is 0.469. The van der Waals surface area contributed by atoms with E-state index in [4.69, 9.17) is 4.74 Å². The van der Waals surface area contributed by atoms with Gasteiger partial charge in [-0.05, 0) is 77.7 Å². The Bertz CT molecular complexity index is 526. The van der Waals surface area contributed by atoms with Gasteiger partial charge in [0.15, 0.2) is 5.78 Å². The van der Waals surface area contributed by atoms with Crippen molar-refractivity contribution in [3.8, 4) is 0 Å². The summed E-state index contributed by atoms with van der Waals surface area (Å²) in [5, 5.41) is 0. The Balaban J connectivity index is 2.11. The van der Waals surface area contributed by atoms with Gasteiger partial charge in [-0.2, -0.15) is 0 Å². The summed E-state index contributed by atoms with van der Waals surface area (Å²) >= 11 is 0. The molecule has 1 fully saturated rings. The summed E-state index contributed by atoms with van der Waals surface area (Å²) in [7, 11) is 0. The largest absolute Gasteiger partial charge is 0.366 e. The highest BCUT2D eigenvalue weighted by Crippen LogP contribution is 2.45. The highest BCUT2D eigenvalue weighted by molar-refractivity contribution is 5.95. The summed E-state index contributed by atoms with van der Waals surface area (Å²) in [6, 6.07) is 0. The molecule has 0 aromatic heterocycles. The van der Waals surface area contributed by atoms with Gasteiger partial charge in [-0.1, -0.05) is 29.9 Å². The summed E-state index contributed by atoms with van der Waals surface area (Å²) in [5.74, 6) is 0.502. The lowest BCUT2D eigenvalue weighted by Gasteiger charge is -2.16. The molecule has 2 nitrogen and oxygen atoms in total. The molecule has 1 saturated heterocycles. The van der Waals surface area contributed by atoms with Crippen LogP contribution in [0.15, 0.2) is 35.5 Å². The Labute approximate surface area is 141 Å². The lowest BCUT2D eigenvalue weighted by Crippen LogP contribution is -2.17. The molecule has 0 aromatic carbocycles. The van der Waals surface area contributed by atoms with Crippen LogP contribution in [-0.4, -0.2) is 17.5 Å². The molecule has 128 valence electrons. The third kappa shape index (κ3) is 5.17. The summed E-state index contributed by atoms with van der Waals surface area (Å²) in [6.07, 6.45) is 11.6. The van der Waals surface area contributed by atoms with Crippen molar-refractivity contribution < 1.29 is 9.53 Å². The molecule has 0 N–H and O–H groups in total. The lowest BCUT2D eigenvalue weighted by atomic mass is 9.86. The van der Waals surface area contributed by atoms with Gasteiger partial charge in [-0.25, -0.2) is 0 Å². The average Bonchev–Trinajstić information content (AvgIpc) is 3.11. The van der Waals surface area contributed by atoms with E-state index < -0.39 is 0 Å². The second-order valence-electron chi connectivity index (χ2n) is 7.69. The van der Waals surface area contributed by atoms with Gasteiger partial charge in [0.1, 0.15) is 0 Å². The first-order valence-electron chi connectivity index (χ1n) is 9.00. The van der Waals surface area contributed by atoms with E-state index in [-0.39, 0.29) is 23.4 Å². The maximum Gasteiger partial charge on any atom is 0.158 e. The number of carbonyl (C=O) groups excluding carboxylic acids is 1. The van der Waals surface area contributed by atoms with Crippen molar-refractivity contribution in [2.75, 3.05) is 0 Å². The molecule has 0 spiro atoms. The second-order valence-corrected chi connectivity index (χ2v) is 7.69. The SMILES string of the molecule is C=C(C)[C@@H]1CC(=O)C(C)=CCCCC(C)=CCC[C@]2(C)O[C@H]2C1. The zero-order valence-electron chi connectivity index (χ0n) is 15.3. The van der Waals surface area contributed by atoms with E-state index in [1.165, 1.54) is 5.57 Å². The molecule has 1 aliphatic carbocycles. The summed E-state index contributed by atoms with van der Waals surface area (Å²) < 4.78 is 5.99. The standard InChI is InChI=1S/C21H32O2/c1-15(2)18-13-19(22)17(4)11-7-6-9-16(3)10-8-12-21(5)20(14-18)23-21/h10-11,18,20H,1,6-9,12-14H2,2-5H3/t18-,20+,21+/m1/s1. The minimum absolute atomic E-state index is 0.00140. The monoisotopic (exact) mass is 316 g/mol. The molecule has 2 aliphatic rings. The molecule has 0 saturated carbocycles. The number of fused-ring (bicyclic) bond motifs is 1. The minimum Gasteiger partial charge on any atom is -0.366 e. The molecule has 23 heavy (non-hydrogen) atoms. The fourth-order valence-corrected chi connectivity index (χ4v) is 3.43. The maximum atomic E-state index is 12.5. The zero-order valence-corrected chi connectivity index (χ0v) is 15.3. The number of allylic oxidation sites excluding steroid dienone is 5. The lowest BCUT2D eigenvalue weighted by molar-refractivity contribution is -0.116. The predicted octanol–water partition coefficient (Wildman–Crippen LogP) is 5.54. The Hall–Kier alpha value is -1.15. The molecular formula is C21H32O2. The van der Waals surface area contributed by atoms with Crippen LogP contribution in [0.25, 0.3) is 0 Å². The highest BCUT2D eigenvalue weighted by atomic mass is 16.6. The normalized spacial score (nSPS) is 33.7. The van der Waals surface area contributed by atoms with Crippen molar-refractivity contribution in [2.45, 2.75) is 84.3 Å². The highest BCUT2D eigenvalue weighted by Gasteiger charge is 2.51. The Kier molecular flexibility index (Phi) is 6.02. The molecule has 3 atom stereocenters. The number of ether oxygens (including phenoxy) is 1. The third-order valence-corrected chi connectivity index (χ3v) is 5.46. The number of carbonyl (C=O) groups is 1. The topological polar surface area (TPSA) is 29.6 Å². The summed E-state index contributed by atoms with van der Waals surface area (Å²) in [5.41, 5.74) is 3.47. The first-order valence-corrected chi connectivity index (χ1v) is 9.00. The van der Waals surface area contributed by atoms with Crippen LogP contribution < -0.4 is 0 Å². The number of rotatable bonds is 1. The number of hydrogen-bond acceptors (Lipinski definition) is 2. The van der Waals surface area contributed by atoms with Crippen molar-refractivity contribution >= 4 is 5.78 Å². The molecular weight excluding hydrogens is 284 g/mol. The number of Topliss-reactive ketones (excluding diaryl/α,β-unsaturated/α-hetero) is 1. The Morgan fingerprint density at radius 3 is 2.74 bits per heavy atom. The van der Waals surface area contributed by atoms with Gasteiger partial charge in [0.05, 0.1) is 11.7 Å². The Morgan fingerprint density at radius 1 is 1.30 bits per heavy atom. The van der Waals surface area contributed by atoms with Crippen molar-refractivity contribution in [1.82, 2.24) is 0 Å². The van der Waals surface area contributed by atoms with Gasteiger partial charge in [0, 0.05) is 6.42 Å². The summed E-state index contributed by atoms with van der Waals surface area (Å²) in [4.78, 5) is 12.5. The van der Waals surface area contributed by atoms with Gasteiger partial charge >= 0.3 is 0 Å². The molecule has 0 amide bonds. The first-order chi connectivity index (χ1) is 10.8. The van der Waals surface area contributed by atoms with Crippen LogP contribution in [0.4, 0.5) is 0 Å². The van der Waals surface area contributed by atoms with Crippen LogP contribution in [0, 0.1) is 5.92 Å². The summed E-state index contributed by atoms with van der Waals surface area (Å²) in [6.45, 7) is 12.5. The van der Waals surface area contributed by atoms with Gasteiger partial charge in [0.25, 0.3) is 0 Å². The van der Waals surface area contributed by atoms with E-state index >= 15 is 0 Å². The van der Waals surface area contributed by atoms with Gasteiger partial charge in [-0.3, -0.25) is 4.79 Å². The molecule has 0 unspecified atom stereocenters. The van der Waals surface area contributed by atoms with E-state index in [1.807, 2.05) is 13.8 Å². The number of ketones is 1. The van der Waals surface area contributed by atoms with Crippen molar-refractivity contribution in [1.29, 1.82) is 0 Å². The van der Waals surface area contributed by atoms with Gasteiger partial charge in [0.2, 0.25) is 0 Å². The first kappa shape index (κ1) is 18.2. The van der Waals surface area contributed by atoms with Gasteiger partial charge in [-0.15, -0.1) is 0 Å². The average molecular weight is 316 g/mol. The zero-order chi connectivity index (χ0) is 17.0. The number of epoxide rings is 1. The second kappa shape index (κ2) is 7.61. The van der Waals surface area contributed by atoms with E-state index in [0.717, 1.165) is 49.7 Å². The minimum atomic E-state index is -0.00140.